The topological polar surface area (TPSA) is 63.4 Å². The number of aliphatic hydroxyl groups excluding tert-OH is 1. The molecule has 0 saturated carbocycles. The van der Waals surface area contributed by atoms with Gasteiger partial charge in [0.25, 0.3) is 0 Å². The molecule has 1 aromatic rings. The van der Waals surface area contributed by atoms with Crippen molar-refractivity contribution in [2.45, 2.75) is 25.5 Å². The second-order valence-electron chi connectivity index (χ2n) is 3.37. The van der Waals surface area contributed by atoms with Gasteiger partial charge in [-0.05, 0) is 12.1 Å². The van der Waals surface area contributed by atoms with Crippen molar-refractivity contribution in [3.05, 3.63) is 43.9 Å². The Morgan fingerprint density at radius 2 is 2.12 bits per heavy atom. The molecule has 4 nitrogen and oxygen atoms in total. The molecule has 0 aromatic heterocycles. The number of nitro groups is 1. The molecule has 2 unspecified atom stereocenters. The Hall–Kier alpha value is -0.840. The molecule has 0 bridgehead atoms. The van der Waals surface area contributed by atoms with Crippen molar-refractivity contribution in [1.82, 2.24) is 0 Å². The largest absolute Gasteiger partial charge is 0.381 e. The standard InChI is InChI=1S/C10H11Cl2NO3/c1-2-9(13(15)16)10(14)7-4-3-6(11)5-8(7)12/h3-5,9-10,14H,2H2,1H3. The number of halogens is 2. The van der Waals surface area contributed by atoms with Crippen LogP contribution < -0.4 is 0 Å². The average molecular weight is 264 g/mol. The number of aliphatic hydroxyl groups is 1. The molecule has 1 aromatic carbocycles. The normalized spacial score (nSPS) is 14.5. The molecule has 16 heavy (non-hydrogen) atoms. The predicted octanol–water partition coefficient (Wildman–Crippen LogP) is 3.08. The van der Waals surface area contributed by atoms with E-state index in [9.17, 15) is 15.2 Å². The van der Waals surface area contributed by atoms with Crippen LogP contribution in [0.2, 0.25) is 10.0 Å². The Labute approximate surface area is 103 Å². The number of benzene rings is 1. The number of nitrogens with zero attached hydrogens (tertiary/aromatic N) is 1. The van der Waals surface area contributed by atoms with E-state index in [4.69, 9.17) is 23.2 Å². The van der Waals surface area contributed by atoms with Crippen LogP contribution in [0.3, 0.4) is 0 Å². The van der Waals surface area contributed by atoms with Crippen LogP contribution in [-0.2, 0) is 0 Å². The van der Waals surface area contributed by atoms with Crippen molar-refractivity contribution < 1.29 is 10.0 Å². The molecule has 1 N–H and O–H groups in total. The molecule has 6 heteroatoms. The summed E-state index contributed by atoms with van der Waals surface area (Å²) in [7, 11) is 0. The fraction of sp³-hybridized carbons (Fsp3) is 0.400. The van der Waals surface area contributed by atoms with E-state index >= 15 is 0 Å². The first-order chi connectivity index (χ1) is 7.47. The van der Waals surface area contributed by atoms with Gasteiger partial charge in [-0.2, -0.15) is 0 Å². The van der Waals surface area contributed by atoms with Gasteiger partial charge in [-0.25, -0.2) is 0 Å². The van der Waals surface area contributed by atoms with Crippen molar-refractivity contribution in [2.75, 3.05) is 0 Å². The monoisotopic (exact) mass is 263 g/mol. The highest BCUT2D eigenvalue weighted by Gasteiger charge is 2.30. The van der Waals surface area contributed by atoms with Gasteiger partial charge in [0.1, 0.15) is 6.10 Å². The molecule has 0 fully saturated rings. The number of rotatable bonds is 4. The molecule has 1 rings (SSSR count). The molecule has 0 amide bonds. The molecule has 0 heterocycles. The lowest BCUT2D eigenvalue weighted by Gasteiger charge is -2.16. The van der Waals surface area contributed by atoms with Crippen LogP contribution >= 0.6 is 23.2 Å². The lowest BCUT2D eigenvalue weighted by molar-refractivity contribution is -0.536. The molecular weight excluding hydrogens is 253 g/mol. The third-order valence-corrected chi connectivity index (χ3v) is 2.90. The number of hydrogen-bond donors (Lipinski definition) is 1. The van der Waals surface area contributed by atoms with Gasteiger partial charge in [0.2, 0.25) is 6.04 Å². The zero-order chi connectivity index (χ0) is 12.3. The Balaban J connectivity index is 3.03. The fourth-order valence-corrected chi connectivity index (χ4v) is 1.96. The maximum Gasteiger partial charge on any atom is 0.242 e. The third-order valence-electron chi connectivity index (χ3n) is 2.33. The number of hydrogen-bond acceptors (Lipinski definition) is 3. The molecule has 0 saturated heterocycles. The summed E-state index contributed by atoms with van der Waals surface area (Å²) < 4.78 is 0. The minimum atomic E-state index is -1.22. The minimum absolute atomic E-state index is 0.229. The van der Waals surface area contributed by atoms with Gasteiger partial charge < -0.3 is 5.11 Å². The summed E-state index contributed by atoms with van der Waals surface area (Å²) in [6, 6.07) is 3.44. The van der Waals surface area contributed by atoms with Crippen molar-refractivity contribution in [2.24, 2.45) is 0 Å². The fourth-order valence-electron chi connectivity index (χ4n) is 1.44. The van der Waals surface area contributed by atoms with Crippen LogP contribution in [0.1, 0.15) is 25.0 Å². The Kier molecular flexibility index (Phi) is 4.53. The second-order valence-corrected chi connectivity index (χ2v) is 4.22. The van der Waals surface area contributed by atoms with E-state index in [0.29, 0.717) is 10.6 Å². The summed E-state index contributed by atoms with van der Waals surface area (Å²) in [5, 5.41) is 21.2. The van der Waals surface area contributed by atoms with Crippen molar-refractivity contribution in [3.8, 4) is 0 Å². The first kappa shape index (κ1) is 13.2. The van der Waals surface area contributed by atoms with Gasteiger partial charge in [0.05, 0.1) is 0 Å². The van der Waals surface area contributed by atoms with Crippen LogP contribution in [0.4, 0.5) is 0 Å². The van der Waals surface area contributed by atoms with E-state index in [1.807, 2.05) is 0 Å². The van der Waals surface area contributed by atoms with E-state index in [1.165, 1.54) is 12.1 Å². The van der Waals surface area contributed by atoms with Crippen LogP contribution in [0.5, 0.6) is 0 Å². The van der Waals surface area contributed by atoms with Gasteiger partial charge in [0, 0.05) is 27.0 Å². The van der Waals surface area contributed by atoms with Crippen molar-refractivity contribution in [3.63, 3.8) is 0 Å². The zero-order valence-electron chi connectivity index (χ0n) is 8.56. The average Bonchev–Trinajstić information content (AvgIpc) is 2.17. The minimum Gasteiger partial charge on any atom is -0.381 e. The first-order valence-corrected chi connectivity index (χ1v) is 5.49. The summed E-state index contributed by atoms with van der Waals surface area (Å²) >= 11 is 11.6. The molecule has 0 aliphatic heterocycles. The van der Waals surface area contributed by atoms with Gasteiger partial charge in [-0.1, -0.05) is 36.2 Å². The van der Waals surface area contributed by atoms with Crippen LogP contribution in [0.25, 0.3) is 0 Å². The molecule has 0 spiro atoms. The van der Waals surface area contributed by atoms with Gasteiger partial charge in [-0.3, -0.25) is 10.1 Å². The predicted molar refractivity (Wildman–Crippen MR) is 62.5 cm³/mol. The maximum atomic E-state index is 10.7. The Morgan fingerprint density at radius 1 is 1.50 bits per heavy atom. The highest BCUT2D eigenvalue weighted by atomic mass is 35.5. The first-order valence-electron chi connectivity index (χ1n) is 4.73. The summed E-state index contributed by atoms with van der Waals surface area (Å²) in [5.41, 5.74) is 0.328. The van der Waals surface area contributed by atoms with Gasteiger partial charge >= 0.3 is 0 Å². The van der Waals surface area contributed by atoms with E-state index < -0.39 is 17.1 Å². The smallest absolute Gasteiger partial charge is 0.242 e. The quantitative estimate of drug-likeness (QED) is 0.671. The van der Waals surface area contributed by atoms with E-state index in [2.05, 4.69) is 0 Å². The Bertz CT molecular complexity index is 398. The summed E-state index contributed by atoms with van der Waals surface area (Å²) in [5.74, 6) is 0. The summed E-state index contributed by atoms with van der Waals surface area (Å²) in [4.78, 5) is 10.2. The lowest BCUT2D eigenvalue weighted by atomic mass is 10.0. The van der Waals surface area contributed by atoms with Crippen LogP contribution in [0, 0.1) is 10.1 Å². The van der Waals surface area contributed by atoms with Crippen LogP contribution in [-0.4, -0.2) is 16.1 Å². The molecule has 88 valence electrons. The molecule has 0 aliphatic carbocycles. The third kappa shape index (κ3) is 2.84. The van der Waals surface area contributed by atoms with Gasteiger partial charge in [-0.15, -0.1) is 0 Å². The van der Waals surface area contributed by atoms with Gasteiger partial charge in [0.15, 0.2) is 0 Å². The molecular formula is C10H11Cl2NO3. The maximum absolute atomic E-state index is 10.7. The summed E-state index contributed by atoms with van der Waals surface area (Å²) in [6.45, 7) is 1.64. The van der Waals surface area contributed by atoms with Crippen molar-refractivity contribution in [1.29, 1.82) is 0 Å². The Morgan fingerprint density at radius 3 is 2.56 bits per heavy atom. The van der Waals surface area contributed by atoms with E-state index in [-0.39, 0.29) is 11.4 Å². The molecule has 0 radical (unpaired) electrons. The highest BCUT2D eigenvalue weighted by molar-refractivity contribution is 6.35. The second kappa shape index (κ2) is 5.48. The van der Waals surface area contributed by atoms with E-state index in [0.717, 1.165) is 0 Å². The van der Waals surface area contributed by atoms with E-state index in [1.54, 1.807) is 13.0 Å². The lowest BCUT2D eigenvalue weighted by Crippen LogP contribution is -2.26. The highest BCUT2D eigenvalue weighted by Crippen LogP contribution is 2.29. The summed E-state index contributed by atoms with van der Waals surface area (Å²) in [6.07, 6.45) is -0.989. The van der Waals surface area contributed by atoms with Crippen molar-refractivity contribution >= 4 is 23.2 Å². The molecule has 0 aliphatic rings. The zero-order valence-corrected chi connectivity index (χ0v) is 10.1. The molecule has 2 atom stereocenters. The van der Waals surface area contributed by atoms with Crippen LogP contribution in [0.15, 0.2) is 18.2 Å². The SMILES string of the molecule is CCC(C(O)c1ccc(Cl)cc1Cl)[N+](=O)[O-].